The monoisotopic (exact) mass is 305 g/mol. The van der Waals surface area contributed by atoms with E-state index in [0.717, 1.165) is 22.0 Å². The normalized spacial score (nSPS) is 10.5. The third kappa shape index (κ3) is 3.48. The van der Waals surface area contributed by atoms with Crippen molar-refractivity contribution in [3.63, 3.8) is 0 Å². The van der Waals surface area contributed by atoms with Gasteiger partial charge in [-0.15, -0.1) is 0 Å². The van der Waals surface area contributed by atoms with Crippen LogP contribution in [0.1, 0.15) is 12.5 Å². The quantitative estimate of drug-likeness (QED) is 0.781. The number of rotatable bonds is 4. The highest BCUT2D eigenvalue weighted by Gasteiger charge is 2.13. The lowest BCUT2D eigenvalue weighted by molar-refractivity contribution is 0.212. The topological polar surface area (TPSA) is 45.2 Å². The molecule has 0 bridgehead atoms. The Labute approximate surface area is 135 Å². The van der Waals surface area contributed by atoms with Gasteiger partial charge in [-0.2, -0.15) is 0 Å². The average Bonchev–Trinajstić information content (AvgIpc) is 2.61. The molecule has 116 valence electrons. The van der Waals surface area contributed by atoms with Crippen molar-refractivity contribution < 1.29 is 4.79 Å². The van der Waals surface area contributed by atoms with Crippen molar-refractivity contribution in [2.24, 2.45) is 0 Å². The van der Waals surface area contributed by atoms with Gasteiger partial charge in [0.15, 0.2) is 0 Å². The third-order valence-electron chi connectivity index (χ3n) is 3.82. The van der Waals surface area contributed by atoms with Gasteiger partial charge in [-0.1, -0.05) is 36.4 Å². The molecule has 4 heteroatoms. The number of pyridine rings is 1. The molecule has 1 aromatic heterocycles. The van der Waals surface area contributed by atoms with Crippen molar-refractivity contribution in [2.75, 3.05) is 11.9 Å². The van der Waals surface area contributed by atoms with E-state index in [0.29, 0.717) is 13.1 Å². The van der Waals surface area contributed by atoms with Crippen LogP contribution in [0.4, 0.5) is 10.5 Å². The van der Waals surface area contributed by atoms with Gasteiger partial charge in [0, 0.05) is 30.9 Å². The highest BCUT2D eigenvalue weighted by atomic mass is 16.2. The number of hydrogen-bond acceptors (Lipinski definition) is 2. The van der Waals surface area contributed by atoms with Gasteiger partial charge in [-0.3, -0.25) is 4.98 Å². The van der Waals surface area contributed by atoms with Gasteiger partial charge < -0.3 is 10.2 Å². The van der Waals surface area contributed by atoms with Crippen molar-refractivity contribution in [1.29, 1.82) is 0 Å². The summed E-state index contributed by atoms with van der Waals surface area (Å²) in [7, 11) is 0. The van der Waals surface area contributed by atoms with E-state index in [1.54, 1.807) is 17.3 Å². The predicted molar refractivity (Wildman–Crippen MR) is 93.3 cm³/mol. The number of amides is 2. The smallest absolute Gasteiger partial charge is 0.320 e. The standard InChI is InChI=1S/C19H19N3O/c1-2-22(14-15-10-12-20-13-11-15)19(23)21-18-9-5-7-16-6-3-4-8-17(16)18/h3-13H,2,14H2,1H3,(H,21,23). The molecular formula is C19H19N3O. The fourth-order valence-corrected chi connectivity index (χ4v) is 2.56. The molecule has 0 saturated heterocycles. The number of benzene rings is 2. The fourth-order valence-electron chi connectivity index (χ4n) is 2.56. The molecule has 0 atom stereocenters. The molecule has 3 rings (SSSR count). The maximum atomic E-state index is 12.6. The second-order valence-corrected chi connectivity index (χ2v) is 5.33. The first kappa shape index (κ1) is 15.0. The van der Waals surface area contributed by atoms with E-state index >= 15 is 0 Å². The number of carbonyl (C=O) groups is 1. The van der Waals surface area contributed by atoms with E-state index in [9.17, 15) is 4.79 Å². The van der Waals surface area contributed by atoms with Gasteiger partial charge >= 0.3 is 6.03 Å². The van der Waals surface area contributed by atoms with Gasteiger partial charge in [0.1, 0.15) is 0 Å². The maximum absolute atomic E-state index is 12.6. The van der Waals surface area contributed by atoms with E-state index in [1.807, 2.05) is 61.5 Å². The van der Waals surface area contributed by atoms with E-state index in [4.69, 9.17) is 0 Å². The third-order valence-corrected chi connectivity index (χ3v) is 3.82. The lowest BCUT2D eigenvalue weighted by Gasteiger charge is -2.22. The molecule has 0 radical (unpaired) electrons. The van der Waals surface area contributed by atoms with Crippen LogP contribution >= 0.6 is 0 Å². The largest absolute Gasteiger partial charge is 0.322 e. The lowest BCUT2D eigenvalue weighted by atomic mass is 10.1. The summed E-state index contributed by atoms with van der Waals surface area (Å²) in [6.07, 6.45) is 3.48. The first-order chi connectivity index (χ1) is 11.3. The van der Waals surface area contributed by atoms with Gasteiger partial charge in [0.05, 0.1) is 5.69 Å². The minimum Gasteiger partial charge on any atom is -0.320 e. The van der Waals surface area contributed by atoms with Crippen LogP contribution in [-0.4, -0.2) is 22.5 Å². The Balaban J connectivity index is 1.79. The fraction of sp³-hybridized carbons (Fsp3) is 0.158. The van der Waals surface area contributed by atoms with Crippen LogP contribution in [0.5, 0.6) is 0 Å². The van der Waals surface area contributed by atoms with E-state index in [-0.39, 0.29) is 6.03 Å². The highest BCUT2D eigenvalue weighted by Crippen LogP contribution is 2.23. The molecule has 3 aromatic rings. The van der Waals surface area contributed by atoms with Crippen LogP contribution in [0, 0.1) is 0 Å². The molecule has 1 N–H and O–H groups in total. The first-order valence-corrected chi connectivity index (χ1v) is 7.70. The van der Waals surface area contributed by atoms with Crippen LogP contribution in [0.25, 0.3) is 10.8 Å². The second-order valence-electron chi connectivity index (χ2n) is 5.33. The summed E-state index contributed by atoms with van der Waals surface area (Å²) in [5.41, 5.74) is 1.90. The summed E-state index contributed by atoms with van der Waals surface area (Å²) in [6, 6.07) is 17.7. The SMILES string of the molecule is CCN(Cc1ccncc1)C(=O)Nc1cccc2ccccc12. The molecule has 0 unspecified atom stereocenters. The molecule has 23 heavy (non-hydrogen) atoms. The Morgan fingerprint density at radius 1 is 1.04 bits per heavy atom. The zero-order valence-corrected chi connectivity index (χ0v) is 13.1. The number of carbonyl (C=O) groups excluding carboxylic acids is 1. The zero-order valence-electron chi connectivity index (χ0n) is 13.1. The van der Waals surface area contributed by atoms with Gasteiger partial charge in [-0.05, 0) is 36.1 Å². The summed E-state index contributed by atoms with van der Waals surface area (Å²) in [5.74, 6) is 0. The molecule has 0 spiro atoms. The maximum Gasteiger partial charge on any atom is 0.322 e. The predicted octanol–water partition coefficient (Wildman–Crippen LogP) is 4.29. The van der Waals surface area contributed by atoms with Gasteiger partial charge in [0.2, 0.25) is 0 Å². The zero-order chi connectivity index (χ0) is 16.1. The number of nitrogens with zero attached hydrogens (tertiary/aromatic N) is 2. The number of fused-ring (bicyclic) bond motifs is 1. The number of anilines is 1. The van der Waals surface area contributed by atoms with Crippen molar-refractivity contribution in [3.8, 4) is 0 Å². The van der Waals surface area contributed by atoms with Crippen molar-refractivity contribution in [2.45, 2.75) is 13.5 Å². The minimum atomic E-state index is -0.0966. The molecule has 4 nitrogen and oxygen atoms in total. The van der Waals surface area contributed by atoms with Crippen LogP contribution in [0.2, 0.25) is 0 Å². The Morgan fingerprint density at radius 2 is 1.78 bits per heavy atom. The van der Waals surface area contributed by atoms with E-state index < -0.39 is 0 Å². The Kier molecular flexibility index (Phi) is 4.52. The minimum absolute atomic E-state index is 0.0966. The summed E-state index contributed by atoms with van der Waals surface area (Å²) < 4.78 is 0. The van der Waals surface area contributed by atoms with Gasteiger partial charge in [-0.25, -0.2) is 4.79 Å². The van der Waals surface area contributed by atoms with Gasteiger partial charge in [0.25, 0.3) is 0 Å². The molecule has 2 aromatic carbocycles. The molecule has 0 aliphatic heterocycles. The Bertz CT molecular complexity index is 797. The summed E-state index contributed by atoms with van der Waals surface area (Å²) in [6.45, 7) is 3.18. The molecule has 0 aliphatic rings. The van der Waals surface area contributed by atoms with E-state index in [1.165, 1.54) is 0 Å². The Hall–Kier alpha value is -2.88. The molecule has 0 aliphatic carbocycles. The Morgan fingerprint density at radius 3 is 2.57 bits per heavy atom. The van der Waals surface area contributed by atoms with Crippen molar-refractivity contribution in [3.05, 3.63) is 72.6 Å². The first-order valence-electron chi connectivity index (χ1n) is 7.70. The number of nitrogens with one attached hydrogen (secondary N) is 1. The van der Waals surface area contributed by atoms with Crippen LogP contribution in [0.3, 0.4) is 0 Å². The van der Waals surface area contributed by atoms with Crippen molar-refractivity contribution in [1.82, 2.24) is 9.88 Å². The molecule has 2 amide bonds. The summed E-state index contributed by atoms with van der Waals surface area (Å²) in [4.78, 5) is 18.4. The molecular weight excluding hydrogens is 286 g/mol. The lowest BCUT2D eigenvalue weighted by Crippen LogP contribution is -2.34. The summed E-state index contributed by atoms with van der Waals surface area (Å²) >= 11 is 0. The number of aromatic nitrogens is 1. The van der Waals surface area contributed by atoms with Crippen LogP contribution in [0.15, 0.2) is 67.0 Å². The average molecular weight is 305 g/mol. The molecule has 0 saturated carbocycles. The highest BCUT2D eigenvalue weighted by molar-refractivity contribution is 6.01. The van der Waals surface area contributed by atoms with Crippen LogP contribution < -0.4 is 5.32 Å². The number of urea groups is 1. The van der Waals surface area contributed by atoms with Crippen LogP contribution in [-0.2, 0) is 6.54 Å². The summed E-state index contributed by atoms with van der Waals surface area (Å²) in [5, 5.41) is 5.19. The van der Waals surface area contributed by atoms with E-state index in [2.05, 4.69) is 10.3 Å². The number of hydrogen-bond donors (Lipinski definition) is 1. The van der Waals surface area contributed by atoms with Crippen molar-refractivity contribution >= 4 is 22.5 Å². The molecule has 0 fully saturated rings. The molecule has 1 heterocycles. The second kappa shape index (κ2) is 6.92.